The van der Waals surface area contributed by atoms with Crippen molar-refractivity contribution in [2.75, 3.05) is 5.32 Å². The quantitative estimate of drug-likeness (QED) is 0.839. The smallest absolute Gasteiger partial charge is 0.115 e. The topological polar surface area (TPSA) is 32.3 Å². The number of phenols is 1. The number of nitrogens with one attached hydrogen (secondary N) is 1. The van der Waals surface area contributed by atoms with Crippen LogP contribution >= 0.6 is 0 Å². The molecule has 0 aliphatic rings. The van der Waals surface area contributed by atoms with Gasteiger partial charge in [-0.3, -0.25) is 0 Å². The summed E-state index contributed by atoms with van der Waals surface area (Å²) in [5.41, 5.74) is 4.72. The lowest BCUT2D eigenvalue weighted by Gasteiger charge is -2.10. The fourth-order valence-electron chi connectivity index (χ4n) is 1.88. The van der Waals surface area contributed by atoms with Gasteiger partial charge in [-0.1, -0.05) is 29.8 Å². The fourth-order valence-corrected chi connectivity index (χ4v) is 1.88. The maximum Gasteiger partial charge on any atom is 0.115 e. The summed E-state index contributed by atoms with van der Waals surface area (Å²) >= 11 is 0. The van der Waals surface area contributed by atoms with Gasteiger partial charge in [-0.05, 0) is 43.2 Å². The van der Waals surface area contributed by atoms with Crippen molar-refractivity contribution in [2.24, 2.45) is 0 Å². The van der Waals surface area contributed by atoms with Gasteiger partial charge in [-0.25, -0.2) is 0 Å². The fraction of sp³-hybridized carbons (Fsp3) is 0.200. The molecule has 2 aromatic carbocycles. The van der Waals surface area contributed by atoms with Gasteiger partial charge in [0.2, 0.25) is 0 Å². The highest BCUT2D eigenvalue weighted by molar-refractivity contribution is 5.52. The average Bonchev–Trinajstić information content (AvgIpc) is 2.28. The Morgan fingerprint density at radius 1 is 1.06 bits per heavy atom. The van der Waals surface area contributed by atoms with Gasteiger partial charge in [0.25, 0.3) is 0 Å². The monoisotopic (exact) mass is 227 g/mol. The summed E-state index contributed by atoms with van der Waals surface area (Å²) in [5.74, 6) is 0.310. The molecule has 0 fully saturated rings. The molecule has 17 heavy (non-hydrogen) atoms. The Morgan fingerprint density at radius 3 is 2.59 bits per heavy atom. The van der Waals surface area contributed by atoms with Crippen LogP contribution in [0.2, 0.25) is 0 Å². The third-order valence-electron chi connectivity index (χ3n) is 2.78. The summed E-state index contributed by atoms with van der Waals surface area (Å²) in [5, 5.41) is 12.7. The average molecular weight is 227 g/mol. The summed E-state index contributed by atoms with van der Waals surface area (Å²) in [7, 11) is 0. The van der Waals surface area contributed by atoms with Gasteiger partial charge in [-0.2, -0.15) is 0 Å². The van der Waals surface area contributed by atoms with Crippen LogP contribution in [0.25, 0.3) is 0 Å². The first-order chi connectivity index (χ1) is 8.15. The van der Waals surface area contributed by atoms with Crippen LogP contribution in [0.1, 0.15) is 16.7 Å². The van der Waals surface area contributed by atoms with Gasteiger partial charge in [-0.15, -0.1) is 0 Å². The molecule has 0 aliphatic heterocycles. The van der Waals surface area contributed by atoms with E-state index in [0.717, 1.165) is 17.8 Å². The van der Waals surface area contributed by atoms with Crippen LogP contribution < -0.4 is 5.32 Å². The molecule has 2 aromatic rings. The standard InChI is InChI=1S/C15H17NO/c1-11-6-7-15(12(2)8-11)16-10-13-4-3-5-14(17)9-13/h3-9,16-17H,10H2,1-2H3. The molecule has 2 N–H and O–H groups in total. The Balaban J connectivity index is 2.07. The molecule has 0 unspecified atom stereocenters. The first-order valence-electron chi connectivity index (χ1n) is 5.74. The van der Waals surface area contributed by atoms with Crippen molar-refractivity contribution >= 4 is 5.69 Å². The minimum Gasteiger partial charge on any atom is -0.508 e. The molecule has 88 valence electrons. The number of aryl methyl sites for hydroxylation is 2. The zero-order valence-corrected chi connectivity index (χ0v) is 10.2. The van der Waals surface area contributed by atoms with Crippen LogP contribution in [0, 0.1) is 13.8 Å². The summed E-state index contributed by atoms with van der Waals surface area (Å²) in [6.07, 6.45) is 0. The number of benzene rings is 2. The molecule has 0 spiro atoms. The highest BCUT2D eigenvalue weighted by atomic mass is 16.3. The second kappa shape index (κ2) is 4.91. The summed E-state index contributed by atoms with van der Waals surface area (Å²) < 4.78 is 0. The molecule has 0 bridgehead atoms. The van der Waals surface area contributed by atoms with Crippen LogP contribution in [0.5, 0.6) is 5.75 Å². The molecule has 0 atom stereocenters. The number of aromatic hydroxyl groups is 1. The first kappa shape index (κ1) is 11.5. The van der Waals surface area contributed by atoms with E-state index in [0.29, 0.717) is 5.75 Å². The van der Waals surface area contributed by atoms with Crippen molar-refractivity contribution in [1.29, 1.82) is 0 Å². The van der Waals surface area contributed by atoms with Crippen molar-refractivity contribution in [1.82, 2.24) is 0 Å². The molecule has 0 heterocycles. The molecule has 0 amide bonds. The van der Waals surface area contributed by atoms with Gasteiger partial charge in [0.15, 0.2) is 0 Å². The third kappa shape index (κ3) is 3.00. The van der Waals surface area contributed by atoms with Crippen LogP contribution in [0.15, 0.2) is 42.5 Å². The molecular weight excluding hydrogens is 210 g/mol. The number of hydrogen-bond donors (Lipinski definition) is 2. The summed E-state index contributed by atoms with van der Waals surface area (Å²) in [6.45, 7) is 4.90. The number of phenolic OH excluding ortho intramolecular Hbond substituents is 1. The van der Waals surface area contributed by atoms with E-state index < -0.39 is 0 Å². The van der Waals surface area contributed by atoms with Crippen molar-refractivity contribution < 1.29 is 5.11 Å². The van der Waals surface area contributed by atoms with Crippen molar-refractivity contribution in [3.8, 4) is 5.75 Å². The lowest BCUT2D eigenvalue weighted by atomic mass is 10.1. The van der Waals surface area contributed by atoms with Gasteiger partial charge < -0.3 is 10.4 Å². The van der Waals surface area contributed by atoms with Crippen molar-refractivity contribution in [3.05, 3.63) is 59.2 Å². The highest BCUT2D eigenvalue weighted by Gasteiger charge is 1.99. The second-order valence-corrected chi connectivity index (χ2v) is 4.34. The third-order valence-corrected chi connectivity index (χ3v) is 2.78. The van der Waals surface area contributed by atoms with Gasteiger partial charge in [0, 0.05) is 12.2 Å². The number of hydrogen-bond acceptors (Lipinski definition) is 2. The number of rotatable bonds is 3. The molecule has 0 saturated heterocycles. The molecule has 2 nitrogen and oxygen atoms in total. The maximum atomic E-state index is 9.37. The van der Waals surface area contributed by atoms with E-state index in [2.05, 4.69) is 37.4 Å². The molecular formula is C15H17NO. The van der Waals surface area contributed by atoms with E-state index in [1.807, 2.05) is 12.1 Å². The van der Waals surface area contributed by atoms with Crippen molar-refractivity contribution in [2.45, 2.75) is 20.4 Å². The summed E-state index contributed by atoms with van der Waals surface area (Å²) in [4.78, 5) is 0. The number of anilines is 1. The Bertz CT molecular complexity index is 520. The van der Waals surface area contributed by atoms with E-state index in [-0.39, 0.29) is 0 Å². The van der Waals surface area contributed by atoms with Crippen LogP contribution in [-0.4, -0.2) is 5.11 Å². The van der Waals surface area contributed by atoms with Crippen LogP contribution in [0.4, 0.5) is 5.69 Å². The zero-order chi connectivity index (χ0) is 12.3. The molecule has 0 saturated carbocycles. The van der Waals surface area contributed by atoms with Gasteiger partial charge >= 0.3 is 0 Å². The van der Waals surface area contributed by atoms with E-state index in [1.165, 1.54) is 11.1 Å². The highest BCUT2D eigenvalue weighted by Crippen LogP contribution is 2.18. The van der Waals surface area contributed by atoms with E-state index in [9.17, 15) is 5.11 Å². The zero-order valence-electron chi connectivity index (χ0n) is 10.2. The van der Waals surface area contributed by atoms with E-state index >= 15 is 0 Å². The van der Waals surface area contributed by atoms with Crippen molar-refractivity contribution in [3.63, 3.8) is 0 Å². The Kier molecular flexibility index (Phi) is 3.33. The minimum atomic E-state index is 0.310. The first-order valence-corrected chi connectivity index (χ1v) is 5.74. The second-order valence-electron chi connectivity index (χ2n) is 4.34. The normalized spacial score (nSPS) is 10.2. The maximum absolute atomic E-state index is 9.37. The van der Waals surface area contributed by atoms with Gasteiger partial charge in [0.1, 0.15) is 5.75 Å². The summed E-state index contributed by atoms with van der Waals surface area (Å²) in [6, 6.07) is 13.7. The predicted molar refractivity (Wildman–Crippen MR) is 71.3 cm³/mol. The SMILES string of the molecule is Cc1ccc(NCc2cccc(O)c2)c(C)c1. The molecule has 2 rings (SSSR count). The molecule has 0 aliphatic carbocycles. The Morgan fingerprint density at radius 2 is 1.88 bits per heavy atom. The largest absolute Gasteiger partial charge is 0.508 e. The van der Waals surface area contributed by atoms with Crippen LogP contribution in [0.3, 0.4) is 0 Å². The van der Waals surface area contributed by atoms with E-state index in [4.69, 9.17) is 0 Å². The molecule has 0 radical (unpaired) electrons. The molecule has 0 aromatic heterocycles. The Labute approximate surface area is 102 Å². The predicted octanol–water partition coefficient (Wildman–Crippen LogP) is 3.62. The van der Waals surface area contributed by atoms with Gasteiger partial charge in [0.05, 0.1) is 0 Å². The minimum absolute atomic E-state index is 0.310. The lowest BCUT2D eigenvalue weighted by molar-refractivity contribution is 0.474. The van der Waals surface area contributed by atoms with E-state index in [1.54, 1.807) is 12.1 Å². The Hall–Kier alpha value is -1.96. The lowest BCUT2D eigenvalue weighted by Crippen LogP contribution is -2.00. The molecule has 2 heteroatoms. The van der Waals surface area contributed by atoms with Crippen LogP contribution in [-0.2, 0) is 6.54 Å².